The third-order valence-electron chi connectivity index (χ3n) is 3.96. The maximum absolute atomic E-state index is 13.0. The Morgan fingerprint density at radius 2 is 2.21 bits per heavy atom. The Labute approximate surface area is 147 Å². The number of hydrogen-bond acceptors (Lipinski definition) is 4. The fourth-order valence-corrected chi connectivity index (χ4v) is 3.26. The summed E-state index contributed by atoms with van der Waals surface area (Å²) in [5.74, 6) is -1.05. The molecule has 1 amide bonds. The summed E-state index contributed by atoms with van der Waals surface area (Å²) < 4.78 is 6.32. The number of ether oxygens (including phenoxy) is 1. The van der Waals surface area contributed by atoms with Gasteiger partial charge in [0.1, 0.15) is 0 Å². The highest BCUT2D eigenvalue weighted by molar-refractivity contribution is 9.10. The molecule has 0 radical (unpaired) electrons. The molecular formula is C17H17BrN2O4. The topological polar surface area (TPSA) is 79.7 Å². The van der Waals surface area contributed by atoms with Gasteiger partial charge in [-0.1, -0.05) is 15.9 Å². The summed E-state index contributed by atoms with van der Waals surface area (Å²) >= 11 is 3.43. The average molecular weight is 393 g/mol. The molecule has 1 unspecified atom stereocenters. The number of morpholine rings is 1. The molecule has 1 atom stereocenters. The van der Waals surface area contributed by atoms with E-state index in [1.54, 1.807) is 11.0 Å². The smallest absolute Gasteiger partial charge is 0.306 e. The standard InChI is InChI=1S/C17H17BrN2O4/c1-10-6-14(13-7-11(18)2-3-15(13)19-10)17(23)20-4-5-24-12(9-20)8-16(21)22/h2-3,6-7,12H,4-5,8-9H2,1H3,(H,21,22). The number of fused-ring (bicyclic) bond motifs is 1. The second-order valence-corrected chi connectivity index (χ2v) is 6.73. The number of hydrogen-bond donors (Lipinski definition) is 1. The lowest BCUT2D eigenvalue weighted by Crippen LogP contribution is -2.46. The van der Waals surface area contributed by atoms with Crippen molar-refractivity contribution in [3.05, 3.63) is 40.0 Å². The van der Waals surface area contributed by atoms with E-state index in [9.17, 15) is 9.59 Å². The van der Waals surface area contributed by atoms with Gasteiger partial charge in [-0.3, -0.25) is 14.6 Å². The minimum Gasteiger partial charge on any atom is -0.481 e. The van der Waals surface area contributed by atoms with E-state index in [1.807, 2.05) is 25.1 Å². The number of aryl methyl sites for hydroxylation is 1. The quantitative estimate of drug-likeness (QED) is 0.868. The molecule has 1 N–H and O–H groups in total. The van der Waals surface area contributed by atoms with E-state index in [2.05, 4.69) is 20.9 Å². The molecule has 1 saturated heterocycles. The summed E-state index contributed by atoms with van der Waals surface area (Å²) in [5.41, 5.74) is 2.11. The summed E-state index contributed by atoms with van der Waals surface area (Å²) in [7, 11) is 0. The highest BCUT2D eigenvalue weighted by atomic mass is 79.9. The van der Waals surface area contributed by atoms with Crippen LogP contribution in [0.1, 0.15) is 22.5 Å². The van der Waals surface area contributed by atoms with Crippen LogP contribution in [0.5, 0.6) is 0 Å². The summed E-state index contributed by atoms with van der Waals surface area (Å²) in [6.45, 7) is 2.92. The molecule has 1 aliphatic heterocycles. The first-order chi connectivity index (χ1) is 11.4. The molecule has 0 bridgehead atoms. The third kappa shape index (κ3) is 3.57. The van der Waals surface area contributed by atoms with Crippen LogP contribution in [0.4, 0.5) is 0 Å². The molecule has 24 heavy (non-hydrogen) atoms. The molecule has 2 aromatic rings. The highest BCUT2D eigenvalue weighted by Gasteiger charge is 2.27. The predicted octanol–water partition coefficient (Wildman–Crippen LogP) is 2.62. The van der Waals surface area contributed by atoms with Gasteiger partial charge in [0.25, 0.3) is 5.91 Å². The number of rotatable bonds is 3. The maximum atomic E-state index is 13.0. The first kappa shape index (κ1) is 16.9. The van der Waals surface area contributed by atoms with Gasteiger partial charge in [-0.2, -0.15) is 0 Å². The molecule has 1 aromatic carbocycles. The first-order valence-corrected chi connectivity index (χ1v) is 8.43. The van der Waals surface area contributed by atoms with Gasteiger partial charge >= 0.3 is 5.97 Å². The van der Waals surface area contributed by atoms with Crippen molar-refractivity contribution in [3.8, 4) is 0 Å². The minimum atomic E-state index is -0.927. The Balaban J connectivity index is 1.93. The summed E-state index contributed by atoms with van der Waals surface area (Å²) in [4.78, 5) is 30.0. The van der Waals surface area contributed by atoms with Crippen molar-refractivity contribution in [2.45, 2.75) is 19.4 Å². The number of aromatic nitrogens is 1. The Bertz CT molecular complexity index is 809. The minimum absolute atomic E-state index is 0.106. The number of carboxylic acid groups (broad SMARTS) is 1. The van der Waals surface area contributed by atoms with Crippen LogP contribution in [-0.4, -0.2) is 52.7 Å². The van der Waals surface area contributed by atoms with Gasteiger partial charge in [0.2, 0.25) is 0 Å². The van der Waals surface area contributed by atoms with Crippen LogP contribution in [0.15, 0.2) is 28.7 Å². The SMILES string of the molecule is Cc1cc(C(=O)N2CCOC(CC(=O)O)C2)c2cc(Br)ccc2n1. The third-order valence-corrected chi connectivity index (χ3v) is 4.45. The Kier molecular flexibility index (Phi) is 4.82. The number of aliphatic carboxylic acids is 1. The van der Waals surface area contributed by atoms with Crippen molar-refractivity contribution in [2.24, 2.45) is 0 Å². The second-order valence-electron chi connectivity index (χ2n) is 5.81. The van der Waals surface area contributed by atoms with Crippen LogP contribution < -0.4 is 0 Å². The average Bonchev–Trinajstić information content (AvgIpc) is 2.53. The van der Waals surface area contributed by atoms with E-state index in [0.717, 1.165) is 21.1 Å². The van der Waals surface area contributed by atoms with Gasteiger partial charge in [-0.05, 0) is 31.2 Å². The maximum Gasteiger partial charge on any atom is 0.306 e. The van der Waals surface area contributed by atoms with Gasteiger partial charge in [0.15, 0.2) is 0 Å². The number of carbonyl (C=O) groups excluding carboxylic acids is 1. The van der Waals surface area contributed by atoms with Gasteiger partial charge in [-0.25, -0.2) is 0 Å². The van der Waals surface area contributed by atoms with Gasteiger partial charge in [0, 0.05) is 28.6 Å². The highest BCUT2D eigenvalue weighted by Crippen LogP contribution is 2.24. The summed E-state index contributed by atoms with van der Waals surface area (Å²) in [6.07, 6.45) is -0.577. The molecule has 3 rings (SSSR count). The van der Waals surface area contributed by atoms with Crippen molar-refractivity contribution in [1.82, 2.24) is 9.88 Å². The van der Waals surface area contributed by atoms with E-state index in [4.69, 9.17) is 9.84 Å². The number of carboxylic acids is 1. The van der Waals surface area contributed by atoms with Gasteiger partial charge < -0.3 is 14.7 Å². The number of pyridine rings is 1. The molecule has 2 heterocycles. The number of carbonyl (C=O) groups is 2. The van der Waals surface area contributed by atoms with E-state index < -0.39 is 12.1 Å². The lowest BCUT2D eigenvalue weighted by Gasteiger charge is -2.32. The van der Waals surface area contributed by atoms with E-state index in [-0.39, 0.29) is 18.9 Å². The molecule has 126 valence electrons. The van der Waals surface area contributed by atoms with Crippen LogP contribution in [0, 0.1) is 6.92 Å². The molecule has 6 nitrogen and oxygen atoms in total. The van der Waals surface area contributed by atoms with Crippen molar-refractivity contribution in [1.29, 1.82) is 0 Å². The molecular weight excluding hydrogens is 376 g/mol. The van der Waals surface area contributed by atoms with E-state index in [0.29, 0.717) is 18.7 Å². The Morgan fingerprint density at radius 1 is 1.42 bits per heavy atom. The second kappa shape index (κ2) is 6.86. The molecule has 0 saturated carbocycles. The lowest BCUT2D eigenvalue weighted by molar-refractivity contribution is -0.141. The van der Waals surface area contributed by atoms with Crippen molar-refractivity contribution >= 4 is 38.7 Å². The van der Waals surface area contributed by atoms with Crippen LogP contribution in [0.2, 0.25) is 0 Å². The van der Waals surface area contributed by atoms with Gasteiger partial charge in [-0.15, -0.1) is 0 Å². The Hall–Kier alpha value is -1.99. The number of nitrogens with zero attached hydrogens (tertiary/aromatic N) is 2. The lowest BCUT2D eigenvalue weighted by atomic mass is 10.1. The van der Waals surface area contributed by atoms with Crippen LogP contribution >= 0.6 is 15.9 Å². The zero-order chi connectivity index (χ0) is 17.3. The summed E-state index contributed by atoms with van der Waals surface area (Å²) in [5, 5.41) is 9.70. The normalized spacial score (nSPS) is 17.9. The van der Waals surface area contributed by atoms with Crippen LogP contribution in [0.25, 0.3) is 10.9 Å². The monoisotopic (exact) mass is 392 g/mol. The summed E-state index contributed by atoms with van der Waals surface area (Å²) in [6, 6.07) is 7.42. The van der Waals surface area contributed by atoms with Crippen LogP contribution in [-0.2, 0) is 9.53 Å². The fraction of sp³-hybridized carbons (Fsp3) is 0.353. The molecule has 0 spiro atoms. The zero-order valence-corrected chi connectivity index (χ0v) is 14.7. The number of amides is 1. The molecule has 0 aliphatic carbocycles. The zero-order valence-electron chi connectivity index (χ0n) is 13.2. The van der Waals surface area contributed by atoms with Gasteiger partial charge in [0.05, 0.1) is 30.2 Å². The fourth-order valence-electron chi connectivity index (χ4n) is 2.90. The largest absolute Gasteiger partial charge is 0.481 e. The predicted molar refractivity (Wildman–Crippen MR) is 92.1 cm³/mol. The van der Waals surface area contributed by atoms with E-state index >= 15 is 0 Å². The number of halogens is 1. The number of benzene rings is 1. The van der Waals surface area contributed by atoms with Crippen molar-refractivity contribution in [3.63, 3.8) is 0 Å². The molecule has 1 aliphatic rings. The molecule has 7 heteroatoms. The Morgan fingerprint density at radius 3 is 2.96 bits per heavy atom. The van der Waals surface area contributed by atoms with E-state index in [1.165, 1.54) is 0 Å². The van der Waals surface area contributed by atoms with Crippen molar-refractivity contribution in [2.75, 3.05) is 19.7 Å². The first-order valence-electron chi connectivity index (χ1n) is 7.63. The molecule has 1 aromatic heterocycles. The van der Waals surface area contributed by atoms with Crippen molar-refractivity contribution < 1.29 is 19.4 Å². The molecule has 1 fully saturated rings. The van der Waals surface area contributed by atoms with Crippen LogP contribution in [0.3, 0.4) is 0 Å².